The summed E-state index contributed by atoms with van der Waals surface area (Å²) in [7, 11) is 0. The lowest BCUT2D eigenvalue weighted by Crippen LogP contribution is -2.53. The predicted octanol–water partition coefficient (Wildman–Crippen LogP) is 2.27. The minimum Gasteiger partial charge on any atom is -0.484 e. The van der Waals surface area contributed by atoms with Crippen LogP contribution in [0.2, 0.25) is 0 Å². The number of ether oxygens (including phenoxy) is 1. The van der Waals surface area contributed by atoms with Gasteiger partial charge in [0.1, 0.15) is 5.75 Å². The van der Waals surface area contributed by atoms with Crippen molar-refractivity contribution in [3.63, 3.8) is 0 Å². The second kappa shape index (κ2) is 6.83. The third-order valence-corrected chi connectivity index (χ3v) is 5.18. The molecule has 1 aromatic carbocycles. The molecule has 0 bridgehead atoms. The molecule has 2 amide bonds. The summed E-state index contributed by atoms with van der Waals surface area (Å²) in [4.78, 5) is 26.4. The molecule has 1 saturated carbocycles. The van der Waals surface area contributed by atoms with Crippen molar-refractivity contribution in [1.29, 1.82) is 0 Å². The molecule has 1 heterocycles. The van der Waals surface area contributed by atoms with Gasteiger partial charge in [-0.2, -0.15) is 0 Å². The van der Waals surface area contributed by atoms with Crippen molar-refractivity contribution < 1.29 is 14.3 Å². The van der Waals surface area contributed by atoms with Crippen LogP contribution in [-0.4, -0.2) is 36.4 Å². The summed E-state index contributed by atoms with van der Waals surface area (Å²) in [5.41, 5.74) is 6.26. The third-order valence-electron chi connectivity index (χ3n) is 5.18. The smallest absolute Gasteiger partial charge is 0.260 e. The minimum absolute atomic E-state index is 0.00171. The Morgan fingerprint density at radius 3 is 2.83 bits per heavy atom. The second-order valence-electron chi connectivity index (χ2n) is 7.32. The van der Waals surface area contributed by atoms with Crippen LogP contribution < -0.4 is 10.5 Å². The van der Waals surface area contributed by atoms with Gasteiger partial charge in [-0.15, -0.1) is 0 Å². The lowest BCUT2D eigenvalue weighted by atomic mass is 9.75. The number of nitrogens with zero attached hydrogens (tertiary/aromatic N) is 1. The first kappa shape index (κ1) is 16.8. The van der Waals surface area contributed by atoms with E-state index >= 15 is 0 Å². The molecule has 1 saturated heterocycles. The van der Waals surface area contributed by atoms with Crippen LogP contribution in [0.25, 0.3) is 0 Å². The molecular formula is C19H26N2O3. The zero-order valence-electron chi connectivity index (χ0n) is 14.3. The number of aryl methyl sites for hydroxylation is 1. The van der Waals surface area contributed by atoms with E-state index in [-0.39, 0.29) is 18.4 Å². The molecule has 2 N–H and O–H groups in total. The van der Waals surface area contributed by atoms with Crippen LogP contribution in [0.5, 0.6) is 5.75 Å². The highest BCUT2D eigenvalue weighted by Crippen LogP contribution is 2.44. The van der Waals surface area contributed by atoms with Gasteiger partial charge in [0.25, 0.3) is 5.91 Å². The first-order valence-electron chi connectivity index (χ1n) is 8.76. The molecule has 1 aromatic rings. The summed E-state index contributed by atoms with van der Waals surface area (Å²) < 4.78 is 5.62. The zero-order chi connectivity index (χ0) is 17.2. The van der Waals surface area contributed by atoms with E-state index in [1.54, 1.807) is 4.90 Å². The Morgan fingerprint density at radius 1 is 1.38 bits per heavy atom. The van der Waals surface area contributed by atoms with Crippen LogP contribution in [0, 0.1) is 18.3 Å². The Bertz CT molecular complexity index is 627. The standard InChI is InChI=1S/C19H26N2O3/c1-14-4-2-5-16(10-14)24-12-17(22)21-9-3-8-19(13-21,18(20)23)11-15-6-7-15/h2,4-5,10,15H,3,6-9,11-13H2,1H3,(H2,20,23). The maximum atomic E-state index is 12.5. The molecule has 0 spiro atoms. The van der Waals surface area contributed by atoms with Crippen LogP contribution in [0.3, 0.4) is 0 Å². The quantitative estimate of drug-likeness (QED) is 0.869. The monoisotopic (exact) mass is 330 g/mol. The highest BCUT2D eigenvalue weighted by atomic mass is 16.5. The lowest BCUT2D eigenvalue weighted by molar-refractivity contribution is -0.142. The van der Waals surface area contributed by atoms with E-state index in [4.69, 9.17) is 10.5 Å². The zero-order valence-corrected chi connectivity index (χ0v) is 14.3. The van der Waals surface area contributed by atoms with Gasteiger partial charge in [0.05, 0.1) is 5.41 Å². The summed E-state index contributed by atoms with van der Waals surface area (Å²) >= 11 is 0. The molecule has 2 aliphatic rings. The van der Waals surface area contributed by atoms with Crippen molar-refractivity contribution in [3.8, 4) is 5.75 Å². The molecule has 5 heteroatoms. The summed E-state index contributed by atoms with van der Waals surface area (Å²) in [6.45, 7) is 3.10. The molecule has 130 valence electrons. The maximum Gasteiger partial charge on any atom is 0.260 e. The molecule has 0 aromatic heterocycles. The van der Waals surface area contributed by atoms with Crippen molar-refractivity contribution in [3.05, 3.63) is 29.8 Å². The first-order valence-corrected chi connectivity index (χ1v) is 8.76. The van der Waals surface area contributed by atoms with Gasteiger partial charge in [-0.25, -0.2) is 0 Å². The van der Waals surface area contributed by atoms with Gasteiger partial charge in [-0.3, -0.25) is 9.59 Å². The summed E-state index contributed by atoms with van der Waals surface area (Å²) in [6, 6.07) is 7.64. The number of hydrogen-bond donors (Lipinski definition) is 1. The van der Waals surface area contributed by atoms with Crippen molar-refractivity contribution in [2.24, 2.45) is 17.1 Å². The molecule has 5 nitrogen and oxygen atoms in total. The van der Waals surface area contributed by atoms with Crippen LogP contribution in [-0.2, 0) is 9.59 Å². The Hall–Kier alpha value is -2.04. The van der Waals surface area contributed by atoms with Gasteiger partial charge in [0, 0.05) is 13.1 Å². The van der Waals surface area contributed by atoms with E-state index in [9.17, 15) is 9.59 Å². The molecule has 1 aliphatic heterocycles. The van der Waals surface area contributed by atoms with Gasteiger partial charge >= 0.3 is 0 Å². The Morgan fingerprint density at radius 2 is 2.17 bits per heavy atom. The summed E-state index contributed by atoms with van der Waals surface area (Å²) in [6.07, 6.45) is 4.80. The SMILES string of the molecule is Cc1cccc(OCC(=O)N2CCCC(CC3CC3)(C(N)=O)C2)c1. The Kier molecular flexibility index (Phi) is 4.78. The van der Waals surface area contributed by atoms with Crippen molar-refractivity contribution in [2.45, 2.75) is 39.0 Å². The van der Waals surface area contributed by atoms with Crippen molar-refractivity contribution in [1.82, 2.24) is 4.90 Å². The van der Waals surface area contributed by atoms with E-state index in [1.165, 1.54) is 12.8 Å². The molecular weight excluding hydrogens is 304 g/mol. The number of amides is 2. The normalized spacial score (nSPS) is 23.8. The molecule has 0 radical (unpaired) electrons. The number of carbonyl (C=O) groups is 2. The fraction of sp³-hybridized carbons (Fsp3) is 0.579. The van der Waals surface area contributed by atoms with E-state index in [0.717, 1.165) is 24.8 Å². The molecule has 1 atom stereocenters. The molecule has 2 fully saturated rings. The summed E-state index contributed by atoms with van der Waals surface area (Å²) in [5, 5.41) is 0. The number of rotatable bonds is 6. The number of piperidine rings is 1. The van der Waals surface area contributed by atoms with Crippen molar-refractivity contribution >= 4 is 11.8 Å². The highest BCUT2D eigenvalue weighted by molar-refractivity contribution is 5.83. The van der Waals surface area contributed by atoms with Crippen LogP contribution in [0.15, 0.2) is 24.3 Å². The molecule has 1 aliphatic carbocycles. The third kappa shape index (κ3) is 3.89. The average molecular weight is 330 g/mol. The second-order valence-corrected chi connectivity index (χ2v) is 7.32. The number of likely N-dealkylation sites (tertiary alicyclic amines) is 1. The van der Waals surface area contributed by atoms with E-state index in [1.807, 2.05) is 31.2 Å². The number of primary amides is 1. The largest absolute Gasteiger partial charge is 0.484 e. The van der Waals surface area contributed by atoms with Gasteiger partial charge in [0.15, 0.2) is 6.61 Å². The number of nitrogens with two attached hydrogens (primary N) is 1. The molecule has 1 unspecified atom stereocenters. The number of carbonyl (C=O) groups excluding carboxylic acids is 2. The van der Waals surface area contributed by atoms with Crippen LogP contribution in [0.4, 0.5) is 0 Å². The fourth-order valence-electron chi connectivity index (χ4n) is 3.63. The molecule has 3 rings (SSSR count). The Balaban J connectivity index is 1.60. The maximum absolute atomic E-state index is 12.5. The highest BCUT2D eigenvalue weighted by Gasteiger charge is 2.45. The van der Waals surface area contributed by atoms with Crippen molar-refractivity contribution in [2.75, 3.05) is 19.7 Å². The minimum atomic E-state index is -0.543. The summed E-state index contributed by atoms with van der Waals surface area (Å²) in [5.74, 6) is 0.972. The van der Waals surface area contributed by atoms with E-state index in [0.29, 0.717) is 24.8 Å². The Labute approximate surface area is 143 Å². The van der Waals surface area contributed by atoms with Crippen LogP contribution in [0.1, 0.15) is 37.7 Å². The first-order chi connectivity index (χ1) is 11.5. The predicted molar refractivity (Wildman–Crippen MR) is 91.5 cm³/mol. The topological polar surface area (TPSA) is 72.6 Å². The van der Waals surface area contributed by atoms with Gasteiger partial charge < -0.3 is 15.4 Å². The van der Waals surface area contributed by atoms with Gasteiger partial charge in [0.2, 0.25) is 5.91 Å². The average Bonchev–Trinajstić information content (AvgIpc) is 3.36. The fourth-order valence-corrected chi connectivity index (χ4v) is 3.63. The van der Waals surface area contributed by atoms with E-state index in [2.05, 4.69) is 0 Å². The molecule has 24 heavy (non-hydrogen) atoms. The van der Waals surface area contributed by atoms with E-state index < -0.39 is 5.41 Å². The van der Waals surface area contributed by atoms with Gasteiger partial charge in [-0.05, 0) is 49.8 Å². The lowest BCUT2D eigenvalue weighted by Gasteiger charge is -2.41. The number of hydrogen-bond acceptors (Lipinski definition) is 3. The number of benzene rings is 1. The van der Waals surface area contributed by atoms with Gasteiger partial charge in [-0.1, -0.05) is 25.0 Å². The van der Waals surface area contributed by atoms with Crippen LogP contribution >= 0.6 is 0 Å².